The Hall–Kier alpha value is -4.32. The lowest BCUT2D eigenvalue weighted by atomic mass is 9.80. The van der Waals surface area contributed by atoms with Gasteiger partial charge in [0.05, 0.1) is 12.7 Å². The summed E-state index contributed by atoms with van der Waals surface area (Å²) in [7, 11) is 1.62. The minimum absolute atomic E-state index is 0.363. The number of anilines is 2. The van der Waals surface area contributed by atoms with E-state index in [1.807, 2.05) is 42.5 Å². The molecule has 0 aliphatic carbocycles. The van der Waals surface area contributed by atoms with Crippen LogP contribution in [0.5, 0.6) is 5.75 Å². The van der Waals surface area contributed by atoms with Crippen molar-refractivity contribution in [3.05, 3.63) is 110 Å². The minimum atomic E-state index is -0.537. The van der Waals surface area contributed by atoms with Crippen LogP contribution in [0.25, 0.3) is 21.5 Å². The molecule has 4 aromatic carbocycles. The van der Waals surface area contributed by atoms with Crippen LogP contribution in [-0.2, 0) is 0 Å². The number of aromatic nitrogens is 2. The summed E-state index contributed by atoms with van der Waals surface area (Å²) < 4.78 is 5.33. The fraction of sp³-hybridized carbons (Fsp3) is 0.0769. The molecule has 6 nitrogen and oxygen atoms in total. The Morgan fingerprint density at radius 2 is 1.53 bits per heavy atom. The van der Waals surface area contributed by atoms with Crippen molar-refractivity contribution >= 4 is 33.1 Å². The van der Waals surface area contributed by atoms with Gasteiger partial charge in [-0.1, -0.05) is 42.5 Å². The number of aromatic amines is 2. The van der Waals surface area contributed by atoms with Gasteiger partial charge >= 0.3 is 5.69 Å². The summed E-state index contributed by atoms with van der Waals surface area (Å²) in [5.41, 5.74) is 2.35. The smallest absolute Gasteiger partial charge is 0.327 e. The van der Waals surface area contributed by atoms with Crippen LogP contribution in [-0.4, -0.2) is 17.1 Å². The Morgan fingerprint density at radius 3 is 2.28 bits per heavy atom. The highest BCUT2D eigenvalue weighted by Gasteiger charge is 2.32. The molecule has 1 aliphatic heterocycles. The predicted molar refractivity (Wildman–Crippen MR) is 126 cm³/mol. The molecule has 1 aliphatic rings. The van der Waals surface area contributed by atoms with Gasteiger partial charge in [-0.2, -0.15) is 0 Å². The Morgan fingerprint density at radius 1 is 0.781 bits per heavy atom. The molecule has 0 spiro atoms. The zero-order valence-electron chi connectivity index (χ0n) is 17.2. The van der Waals surface area contributed by atoms with E-state index in [1.165, 1.54) is 0 Å². The third kappa shape index (κ3) is 2.73. The van der Waals surface area contributed by atoms with Crippen molar-refractivity contribution in [2.45, 2.75) is 5.92 Å². The standard InChI is InChI=1S/C26H19N3O3/c1-32-18-9-6-14(7-10-18)21-22-19-13-16-5-3-2-4-15(16)12-17(19)8-11-20(22)27-24-23(21)25(30)29-26(31)28-24/h2-13,21H,1H3,(H3,27,28,29,30,31). The molecule has 156 valence electrons. The Kier molecular flexibility index (Phi) is 3.95. The summed E-state index contributed by atoms with van der Waals surface area (Å²) in [6.07, 6.45) is 0. The van der Waals surface area contributed by atoms with Gasteiger partial charge in [0.1, 0.15) is 11.6 Å². The molecule has 0 fully saturated rings. The molecular weight excluding hydrogens is 402 g/mol. The van der Waals surface area contributed by atoms with Gasteiger partial charge in [0.15, 0.2) is 0 Å². The van der Waals surface area contributed by atoms with Gasteiger partial charge in [-0.25, -0.2) is 4.79 Å². The first kappa shape index (κ1) is 18.4. The quantitative estimate of drug-likeness (QED) is 0.356. The van der Waals surface area contributed by atoms with E-state index in [0.29, 0.717) is 11.4 Å². The number of nitrogens with one attached hydrogen (secondary N) is 3. The maximum Gasteiger partial charge on any atom is 0.327 e. The fourth-order valence-electron chi connectivity index (χ4n) is 4.74. The van der Waals surface area contributed by atoms with Crippen molar-refractivity contribution in [3.63, 3.8) is 0 Å². The van der Waals surface area contributed by atoms with E-state index in [4.69, 9.17) is 4.74 Å². The molecule has 32 heavy (non-hydrogen) atoms. The molecule has 0 saturated carbocycles. The number of hydrogen-bond donors (Lipinski definition) is 3. The van der Waals surface area contributed by atoms with E-state index in [-0.39, 0.29) is 5.92 Å². The van der Waals surface area contributed by atoms with Crippen LogP contribution >= 0.6 is 0 Å². The maximum atomic E-state index is 13.0. The van der Waals surface area contributed by atoms with Gasteiger partial charge < -0.3 is 10.1 Å². The number of fused-ring (bicyclic) bond motifs is 5. The van der Waals surface area contributed by atoms with E-state index >= 15 is 0 Å². The van der Waals surface area contributed by atoms with Gasteiger partial charge in [-0.15, -0.1) is 0 Å². The molecule has 2 heterocycles. The van der Waals surface area contributed by atoms with E-state index in [1.54, 1.807) is 7.11 Å². The second-order valence-corrected chi connectivity index (χ2v) is 7.98. The first-order valence-corrected chi connectivity index (χ1v) is 10.4. The van der Waals surface area contributed by atoms with Crippen molar-refractivity contribution in [1.82, 2.24) is 9.97 Å². The first-order valence-electron chi connectivity index (χ1n) is 10.4. The van der Waals surface area contributed by atoms with Crippen molar-refractivity contribution < 1.29 is 4.74 Å². The highest BCUT2D eigenvalue weighted by Crippen LogP contribution is 2.46. The molecular formula is C26H19N3O3. The summed E-state index contributed by atoms with van der Waals surface area (Å²) in [6, 6.07) is 24.3. The third-order valence-electron chi connectivity index (χ3n) is 6.19. The monoisotopic (exact) mass is 421 g/mol. The number of rotatable bonds is 2. The second kappa shape index (κ2) is 6.85. The van der Waals surface area contributed by atoms with Crippen LogP contribution in [0, 0.1) is 0 Å². The molecule has 1 aromatic heterocycles. The molecule has 0 saturated heterocycles. The van der Waals surface area contributed by atoms with Gasteiger partial charge in [0.25, 0.3) is 5.56 Å². The molecule has 6 heteroatoms. The van der Waals surface area contributed by atoms with Crippen molar-refractivity contribution in [3.8, 4) is 5.75 Å². The predicted octanol–water partition coefficient (Wildman–Crippen LogP) is 4.62. The summed E-state index contributed by atoms with van der Waals surface area (Å²) in [5, 5.41) is 7.72. The summed E-state index contributed by atoms with van der Waals surface area (Å²) in [5.74, 6) is 0.798. The average molecular weight is 421 g/mol. The van der Waals surface area contributed by atoms with Crippen molar-refractivity contribution in [2.24, 2.45) is 0 Å². The molecule has 6 rings (SSSR count). The van der Waals surface area contributed by atoms with Crippen LogP contribution in [0.1, 0.15) is 22.6 Å². The van der Waals surface area contributed by atoms with Crippen LogP contribution < -0.4 is 21.3 Å². The lowest BCUT2D eigenvalue weighted by molar-refractivity contribution is 0.414. The van der Waals surface area contributed by atoms with Crippen LogP contribution in [0.3, 0.4) is 0 Å². The number of benzene rings is 4. The molecule has 3 N–H and O–H groups in total. The van der Waals surface area contributed by atoms with E-state index in [0.717, 1.165) is 44.1 Å². The van der Waals surface area contributed by atoms with Crippen molar-refractivity contribution in [2.75, 3.05) is 12.4 Å². The van der Waals surface area contributed by atoms with Gasteiger partial charge in [-0.3, -0.25) is 14.8 Å². The summed E-state index contributed by atoms with van der Waals surface area (Å²) in [4.78, 5) is 30.2. The average Bonchev–Trinajstić information content (AvgIpc) is 2.81. The lowest BCUT2D eigenvalue weighted by Gasteiger charge is -2.30. The highest BCUT2D eigenvalue weighted by atomic mass is 16.5. The van der Waals surface area contributed by atoms with Gasteiger partial charge in [0.2, 0.25) is 0 Å². The highest BCUT2D eigenvalue weighted by molar-refractivity contribution is 6.03. The van der Waals surface area contributed by atoms with E-state index in [2.05, 4.69) is 45.6 Å². The van der Waals surface area contributed by atoms with Crippen LogP contribution in [0.2, 0.25) is 0 Å². The van der Waals surface area contributed by atoms with Crippen molar-refractivity contribution in [1.29, 1.82) is 0 Å². The number of hydrogen-bond acceptors (Lipinski definition) is 4. The third-order valence-corrected chi connectivity index (χ3v) is 6.19. The molecule has 1 atom stereocenters. The fourth-order valence-corrected chi connectivity index (χ4v) is 4.74. The van der Waals surface area contributed by atoms with Gasteiger partial charge in [0, 0.05) is 11.6 Å². The molecule has 5 aromatic rings. The van der Waals surface area contributed by atoms with E-state index in [9.17, 15) is 9.59 Å². The second-order valence-electron chi connectivity index (χ2n) is 7.98. The van der Waals surface area contributed by atoms with Crippen LogP contribution in [0.15, 0.2) is 82.4 Å². The lowest BCUT2D eigenvalue weighted by Crippen LogP contribution is -2.31. The zero-order chi connectivity index (χ0) is 21.8. The van der Waals surface area contributed by atoms with Gasteiger partial charge in [-0.05, 0) is 63.0 Å². The summed E-state index contributed by atoms with van der Waals surface area (Å²) in [6.45, 7) is 0. The number of H-pyrrole nitrogens is 2. The Labute approximate surface area is 182 Å². The summed E-state index contributed by atoms with van der Waals surface area (Å²) >= 11 is 0. The normalized spacial score (nSPS) is 14.6. The van der Waals surface area contributed by atoms with E-state index < -0.39 is 11.2 Å². The maximum absolute atomic E-state index is 13.0. The molecule has 1 unspecified atom stereocenters. The zero-order valence-corrected chi connectivity index (χ0v) is 17.2. The number of ether oxygens (including phenoxy) is 1. The number of methoxy groups -OCH3 is 1. The molecule has 0 amide bonds. The Bertz CT molecular complexity index is 1630. The Balaban J connectivity index is 1.71. The van der Waals surface area contributed by atoms with Crippen LogP contribution in [0.4, 0.5) is 11.5 Å². The SMILES string of the molecule is COc1ccc(C2c3c([nH]c(=O)[nH]c3=O)Nc3ccc4cc5ccccc5cc4c32)cc1. The molecule has 0 radical (unpaired) electrons. The topological polar surface area (TPSA) is 87.0 Å². The molecule has 0 bridgehead atoms. The largest absolute Gasteiger partial charge is 0.497 e. The minimum Gasteiger partial charge on any atom is -0.497 e. The first-order chi connectivity index (χ1) is 15.6.